The SMILES string of the molecule is COc1cccc(N2C(=O)NC(=O)/C(=C/c3cc(OC)c(O)c(OC)c3)C2=O)c1. The summed E-state index contributed by atoms with van der Waals surface area (Å²) >= 11 is 0. The molecule has 0 spiro atoms. The molecule has 0 saturated carbocycles. The third kappa shape index (κ3) is 3.70. The Hall–Kier alpha value is -4.01. The standard InChI is InChI=1S/C20H18N2O7/c1-27-13-6-4-5-12(10-13)22-19(25)14(18(24)21-20(22)26)7-11-8-15(28-2)17(23)16(9-11)29-3/h4-10,23H,1-3H3,(H,21,24,26)/b14-7-. The third-order valence-electron chi connectivity index (χ3n) is 4.23. The van der Waals surface area contributed by atoms with Crippen molar-refractivity contribution in [1.29, 1.82) is 0 Å². The minimum absolute atomic E-state index is 0.0978. The second-order valence-corrected chi connectivity index (χ2v) is 5.93. The number of hydrogen-bond acceptors (Lipinski definition) is 7. The van der Waals surface area contributed by atoms with Crippen molar-refractivity contribution >= 4 is 29.6 Å². The molecule has 4 amide bonds. The predicted octanol–water partition coefficient (Wildman–Crippen LogP) is 2.08. The van der Waals surface area contributed by atoms with Gasteiger partial charge in [-0.2, -0.15) is 0 Å². The summed E-state index contributed by atoms with van der Waals surface area (Å²) in [7, 11) is 4.16. The summed E-state index contributed by atoms with van der Waals surface area (Å²) < 4.78 is 15.3. The Balaban J connectivity index is 2.06. The number of hydrogen-bond donors (Lipinski definition) is 2. The van der Waals surface area contributed by atoms with Gasteiger partial charge in [-0.05, 0) is 35.9 Å². The van der Waals surface area contributed by atoms with E-state index in [-0.39, 0.29) is 28.5 Å². The van der Waals surface area contributed by atoms with E-state index in [0.717, 1.165) is 4.90 Å². The first-order valence-electron chi connectivity index (χ1n) is 8.40. The van der Waals surface area contributed by atoms with Gasteiger partial charge < -0.3 is 19.3 Å². The number of ether oxygens (including phenoxy) is 3. The quantitative estimate of drug-likeness (QED) is 0.585. The van der Waals surface area contributed by atoms with E-state index in [9.17, 15) is 19.5 Å². The Bertz CT molecular complexity index is 1000. The lowest BCUT2D eigenvalue weighted by molar-refractivity contribution is -0.122. The first kappa shape index (κ1) is 19.7. The molecule has 0 bridgehead atoms. The number of nitrogens with zero attached hydrogens (tertiary/aromatic N) is 1. The summed E-state index contributed by atoms with van der Waals surface area (Å²) in [5.74, 6) is -1.23. The number of imide groups is 2. The second kappa shape index (κ2) is 7.93. The molecule has 29 heavy (non-hydrogen) atoms. The molecule has 1 saturated heterocycles. The summed E-state index contributed by atoms with van der Waals surface area (Å²) in [5.41, 5.74) is 0.322. The van der Waals surface area contributed by atoms with Gasteiger partial charge in [0.15, 0.2) is 11.5 Å². The van der Waals surface area contributed by atoms with Gasteiger partial charge in [-0.3, -0.25) is 14.9 Å². The summed E-state index contributed by atoms with van der Waals surface area (Å²) in [6.45, 7) is 0. The van der Waals surface area contributed by atoms with Crippen molar-refractivity contribution in [3.8, 4) is 23.0 Å². The second-order valence-electron chi connectivity index (χ2n) is 5.93. The van der Waals surface area contributed by atoms with Crippen LogP contribution in [0, 0.1) is 0 Å². The largest absolute Gasteiger partial charge is 0.502 e. The third-order valence-corrected chi connectivity index (χ3v) is 4.23. The van der Waals surface area contributed by atoms with Gasteiger partial charge in [0.25, 0.3) is 11.8 Å². The molecule has 0 radical (unpaired) electrons. The molecule has 1 fully saturated rings. The Labute approximate surface area is 166 Å². The zero-order chi connectivity index (χ0) is 21.1. The number of phenolic OH excluding ortho intramolecular Hbond substituents is 1. The summed E-state index contributed by atoms with van der Waals surface area (Å²) in [6, 6.07) is 8.30. The van der Waals surface area contributed by atoms with Crippen molar-refractivity contribution in [2.24, 2.45) is 0 Å². The van der Waals surface area contributed by atoms with E-state index in [0.29, 0.717) is 11.3 Å². The zero-order valence-corrected chi connectivity index (χ0v) is 15.9. The molecule has 0 aliphatic carbocycles. The van der Waals surface area contributed by atoms with Gasteiger partial charge in [0.2, 0.25) is 5.75 Å². The van der Waals surface area contributed by atoms with Crippen molar-refractivity contribution in [3.05, 3.63) is 47.5 Å². The average Bonchev–Trinajstić information content (AvgIpc) is 2.72. The van der Waals surface area contributed by atoms with Crippen molar-refractivity contribution in [2.75, 3.05) is 26.2 Å². The first-order chi connectivity index (χ1) is 13.9. The molecular formula is C20H18N2O7. The molecule has 9 nitrogen and oxygen atoms in total. The lowest BCUT2D eigenvalue weighted by Gasteiger charge is -2.26. The molecule has 2 N–H and O–H groups in total. The molecule has 2 aromatic rings. The minimum atomic E-state index is -0.869. The Morgan fingerprint density at radius 2 is 1.62 bits per heavy atom. The van der Waals surface area contributed by atoms with Crippen LogP contribution in [0.2, 0.25) is 0 Å². The fraction of sp³-hybridized carbons (Fsp3) is 0.150. The lowest BCUT2D eigenvalue weighted by atomic mass is 10.1. The highest BCUT2D eigenvalue weighted by Gasteiger charge is 2.37. The van der Waals surface area contributed by atoms with Crippen LogP contribution >= 0.6 is 0 Å². The molecule has 150 valence electrons. The number of rotatable bonds is 5. The number of barbiturate groups is 1. The first-order valence-corrected chi connectivity index (χ1v) is 8.40. The van der Waals surface area contributed by atoms with E-state index in [1.54, 1.807) is 18.2 Å². The summed E-state index contributed by atoms with van der Waals surface area (Å²) in [5, 5.41) is 12.2. The average molecular weight is 398 g/mol. The Morgan fingerprint density at radius 1 is 0.966 bits per heavy atom. The van der Waals surface area contributed by atoms with Gasteiger partial charge >= 0.3 is 6.03 Å². The van der Waals surface area contributed by atoms with Crippen molar-refractivity contribution in [3.63, 3.8) is 0 Å². The highest BCUT2D eigenvalue weighted by molar-refractivity contribution is 6.39. The fourth-order valence-electron chi connectivity index (χ4n) is 2.81. The van der Waals surface area contributed by atoms with Crippen LogP contribution in [-0.2, 0) is 9.59 Å². The molecule has 1 heterocycles. The van der Waals surface area contributed by atoms with Crippen LogP contribution in [0.5, 0.6) is 23.0 Å². The molecule has 0 aromatic heterocycles. The van der Waals surface area contributed by atoms with E-state index in [1.807, 2.05) is 0 Å². The Morgan fingerprint density at radius 3 is 2.21 bits per heavy atom. The normalized spacial score (nSPS) is 15.3. The predicted molar refractivity (Wildman–Crippen MR) is 103 cm³/mol. The van der Waals surface area contributed by atoms with E-state index in [2.05, 4.69) is 5.32 Å². The number of carbonyl (C=O) groups is 3. The summed E-state index contributed by atoms with van der Waals surface area (Å²) in [6.07, 6.45) is 1.28. The van der Waals surface area contributed by atoms with E-state index in [4.69, 9.17) is 14.2 Å². The summed E-state index contributed by atoms with van der Waals surface area (Å²) in [4.78, 5) is 38.4. The van der Waals surface area contributed by atoms with E-state index >= 15 is 0 Å². The highest BCUT2D eigenvalue weighted by atomic mass is 16.5. The van der Waals surface area contributed by atoms with Gasteiger partial charge in [0, 0.05) is 6.07 Å². The zero-order valence-electron chi connectivity index (χ0n) is 15.9. The number of aromatic hydroxyl groups is 1. The van der Waals surface area contributed by atoms with Gasteiger partial charge in [-0.1, -0.05) is 6.07 Å². The molecule has 1 aliphatic rings. The number of phenols is 1. The number of carbonyl (C=O) groups excluding carboxylic acids is 3. The van der Waals surface area contributed by atoms with Crippen molar-refractivity contribution < 1.29 is 33.7 Å². The molecule has 1 aliphatic heterocycles. The van der Waals surface area contributed by atoms with Gasteiger partial charge in [0.1, 0.15) is 11.3 Å². The van der Waals surface area contributed by atoms with Crippen LogP contribution in [0.3, 0.4) is 0 Å². The maximum atomic E-state index is 12.9. The number of anilines is 1. The van der Waals surface area contributed by atoms with E-state index in [1.165, 1.54) is 45.6 Å². The number of methoxy groups -OCH3 is 3. The monoisotopic (exact) mass is 398 g/mol. The van der Waals surface area contributed by atoms with Gasteiger partial charge in [0.05, 0.1) is 27.0 Å². The number of nitrogens with one attached hydrogen (secondary N) is 1. The van der Waals surface area contributed by atoms with Crippen molar-refractivity contribution in [1.82, 2.24) is 5.32 Å². The minimum Gasteiger partial charge on any atom is -0.502 e. The highest BCUT2D eigenvalue weighted by Crippen LogP contribution is 2.38. The van der Waals surface area contributed by atoms with Gasteiger partial charge in [-0.25, -0.2) is 9.69 Å². The maximum Gasteiger partial charge on any atom is 0.335 e. The number of urea groups is 1. The number of amides is 4. The molecule has 0 unspecified atom stereocenters. The van der Waals surface area contributed by atoms with E-state index < -0.39 is 17.8 Å². The van der Waals surface area contributed by atoms with Crippen LogP contribution in [0.4, 0.5) is 10.5 Å². The molecule has 0 atom stereocenters. The smallest absolute Gasteiger partial charge is 0.335 e. The molecule has 2 aromatic carbocycles. The van der Waals surface area contributed by atoms with Crippen LogP contribution in [0.15, 0.2) is 42.0 Å². The van der Waals surface area contributed by atoms with Crippen LogP contribution in [0.25, 0.3) is 6.08 Å². The van der Waals surface area contributed by atoms with Gasteiger partial charge in [-0.15, -0.1) is 0 Å². The van der Waals surface area contributed by atoms with Crippen molar-refractivity contribution in [2.45, 2.75) is 0 Å². The molecular weight excluding hydrogens is 380 g/mol. The topological polar surface area (TPSA) is 114 Å². The Kier molecular flexibility index (Phi) is 5.40. The van der Waals surface area contributed by atoms with Crippen LogP contribution in [0.1, 0.15) is 5.56 Å². The fourth-order valence-corrected chi connectivity index (χ4v) is 2.81. The van der Waals surface area contributed by atoms with Crippen LogP contribution < -0.4 is 24.4 Å². The lowest BCUT2D eigenvalue weighted by Crippen LogP contribution is -2.54. The molecule has 3 rings (SSSR count). The molecule has 9 heteroatoms. The number of benzene rings is 2. The van der Waals surface area contributed by atoms with Crippen LogP contribution in [-0.4, -0.2) is 44.3 Å². The maximum absolute atomic E-state index is 12.9.